The number of benzene rings is 1. The highest BCUT2D eigenvalue weighted by molar-refractivity contribution is 5.98. The van der Waals surface area contributed by atoms with Gasteiger partial charge in [0.2, 0.25) is 5.91 Å². The van der Waals surface area contributed by atoms with Gasteiger partial charge < -0.3 is 16.4 Å². The van der Waals surface area contributed by atoms with Crippen molar-refractivity contribution in [2.24, 2.45) is 5.92 Å². The molecule has 0 radical (unpaired) electrons. The molecule has 0 spiro atoms. The van der Waals surface area contributed by atoms with Crippen LogP contribution in [0, 0.1) is 5.92 Å². The summed E-state index contributed by atoms with van der Waals surface area (Å²) in [6.45, 7) is 5.42. The molecule has 0 bridgehead atoms. The fourth-order valence-corrected chi connectivity index (χ4v) is 2.06. The number of nitrogen functional groups attached to an aromatic ring is 1. The predicted molar refractivity (Wildman–Crippen MR) is 87.1 cm³/mol. The minimum atomic E-state index is 0.0553. The number of nitrogens with zero attached hydrogens (tertiary/aromatic N) is 1. The van der Waals surface area contributed by atoms with Crippen LogP contribution in [0.15, 0.2) is 30.6 Å². The minimum Gasteiger partial charge on any atom is -0.397 e. The quantitative estimate of drug-likeness (QED) is 0.712. The average molecular weight is 286 g/mol. The van der Waals surface area contributed by atoms with Crippen LogP contribution in [0.3, 0.4) is 0 Å². The molecule has 0 saturated carbocycles. The zero-order chi connectivity index (χ0) is 15.2. The molecule has 0 fully saturated rings. The molecule has 1 amide bonds. The van der Waals surface area contributed by atoms with E-state index >= 15 is 0 Å². The van der Waals surface area contributed by atoms with Gasteiger partial charge in [-0.3, -0.25) is 9.78 Å². The number of hydrogen-bond donors (Lipinski definition) is 3. The Morgan fingerprint density at radius 1 is 1.33 bits per heavy atom. The maximum Gasteiger partial charge on any atom is 0.221 e. The summed E-state index contributed by atoms with van der Waals surface area (Å²) in [5, 5.41) is 8.09. The normalized spacial score (nSPS) is 10.8. The number of nitrogens with two attached hydrogens (primary N) is 1. The third-order valence-corrected chi connectivity index (χ3v) is 3.24. The Bertz CT molecular complexity index is 625. The fraction of sp³-hybridized carbons (Fsp3) is 0.375. The predicted octanol–water partition coefficient (Wildman–Crippen LogP) is 2.39. The molecule has 0 aliphatic carbocycles. The van der Waals surface area contributed by atoms with Crippen molar-refractivity contribution >= 4 is 28.1 Å². The Hall–Kier alpha value is -2.30. The molecule has 0 saturated heterocycles. The molecule has 2 aromatic rings. The third kappa shape index (κ3) is 4.08. The van der Waals surface area contributed by atoms with Crippen LogP contribution < -0.4 is 16.4 Å². The van der Waals surface area contributed by atoms with Crippen molar-refractivity contribution in [3.63, 3.8) is 0 Å². The molecule has 112 valence electrons. The molecule has 0 aliphatic rings. The lowest BCUT2D eigenvalue weighted by Gasteiger charge is -2.12. The van der Waals surface area contributed by atoms with E-state index in [0.29, 0.717) is 31.1 Å². The molecule has 0 unspecified atom stereocenters. The van der Waals surface area contributed by atoms with Gasteiger partial charge in [0.05, 0.1) is 11.4 Å². The smallest absolute Gasteiger partial charge is 0.221 e. The first-order chi connectivity index (χ1) is 10.1. The number of carbonyl (C=O) groups is 1. The van der Waals surface area contributed by atoms with E-state index in [1.54, 1.807) is 12.4 Å². The summed E-state index contributed by atoms with van der Waals surface area (Å²) in [6.07, 6.45) is 3.94. The van der Waals surface area contributed by atoms with Crippen molar-refractivity contribution in [2.45, 2.75) is 20.3 Å². The first-order valence-electron chi connectivity index (χ1n) is 7.20. The Labute approximate surface area is 124 Å². The maximum absolute atomic E-state index is 11.6. The van der Waals surface area contributed by atoms with Gasteiger partial charge in [-0.15, -0.1) is 0 Å². The van der Waals surface area contributed by atoms with Gasteiger partial charge in [0.25, 0.3) is 0 Å². The number of rotatable bonds is 6. The van der Waals surface area contributed by atoms with Crippen LogP contribution in [0.25, 0.3) is 10.8 Å². The maximum atomic E-state index is 11.6. The van der Waals surface area contributed by atoms with Crippen molar-refractivity contribution in [1.29, 1.82) is 0 Å². The van der Waals surface area contributed by atoms with Crippen molar-refractivity contribution in [2.75, 3.05) is 24.1 Å². The van der Waals surface area contributed by atoms with E-state index in [1.165, 1.54) is 0 Å². The largest absolute Gasteiger partial charge is 0.397 e. The Balaban J connectivity index is 1.92. The van der Waals surface area contributed by atoms with Crippen LogP contribution in [-0.2, 0) is 4.79 Å². The summed E-state index contributed by atoms with van der Waals surface area (Å²) < 4.78 is 0. The van der Waals surface area contributed by atoms with E-state index in [0.717, 1.165) is 16.5 Å². The molecule has 1 aromatic heterocycles. The summed E-state index contributed by atoms with van der Waals surface area (Å²) in [5.74, 6) is 0.520. The first-order valence-corrected chi connectivity index (χ1v) is 7.20. The Kier molecular flexibility index (Phi) is 4.98. The van der Waals surface area contributed by atoms with Gasteiger partial charge in [-0.1, -0.05) is 19.9 Å². The lowest BCUT2D eigenvalue weighted by molar-refractivity contribution is -0.120. The zero-order valence-corrected chi connectivity index (χ0v) is 12.5. The zero-order valence-electron chi connectivity index (χ0n) is 12.5. The molecule has 2 rings (SSSR count). The second kappa shape index (κ2) is 6.92. The second-order valence-electron chi connectivity index (χ2n) is 5.50. The average Bonchev–Trinajstić information content (AvgIpc) is 2.48. The number of aromatic nitrogens is 1. The molecule has 1 aromatic carbocycles. The van der Waals surface area contributed by atoms with E-state index in [9.17, 15) is 4.79 Å². The SMILES string of the molecule is CC(C)CNC(=O)CCNc1ccc2cnccc2c1N. The highest BCUT2D eigenvalue weighted by Crippen LogP contribution is 2.27. The first kappa shape index (κ1) is 15.1. The standard InChI is InChI=1S/C16H22N4O/c1-11(2)9-20-15(21)6-8-19-14-4-3-12-10-18-7-5-13(12)16(14)17/h3-5,7,10-11,19H,6,8-9,17H2,1-2H3,(H,20,21). The van der Waals surface area contributed by atoms with E-state index < -0.39 is 0 Å². The van der Waals surface area contributed by atoms with E-state index in [2.05, 4.69) is 29.5 Å². The van der Waals surface area contributed by atoms with Gasteiger partial charge in [0, 0.05) is 42.7 Å². The second-order valence-corrected chi connectivity index (χ2v) is 5.50. The lowest BCUT2D eigenvalue weighted by Crippen LogP contribution is -2.28. The molecule has 21 heavy (non-hydrogen) atoms. The topological polar surface area (TPSA) is 80.0 Å². The van der Waals surface area contributed by atoms with Crippen LogP contribution in [0.2, 0.25) is 0 Å². The number of hydrogen-bond acceptors (Lipinski definition) is 4. The summed E-state index contributed by atoms with van der Waals surface area (Å²) in [4.78, 5) is 15.7. The molecule has 0 atom stereocenters. The van der Waals surface area contributed by atoms with Gasteiger partial charge in [-0.2, -0.15) is 0 Å². The van der Waals surface area contributed by atoms with Crippen LogP contribution in [0.4, 0.5) is 11.4 Å². The van der Waals surface area contributed by atoms with Crippen LogP contribution in [0.1, 0.15) is 20.3 Å². The Morgan fingerprint density at radius 2 is 2.14 bits per heavy atom. The number of fused-ring (bicyclic) bond motifs is 1. The Morgan fingerprint density at radius 3 is 2.90 bits per heavy atom. The van der Waals surface area contributed by atoms with E-state index in [-0.39, 0.29) is 5.91 Å². The summed E-state index contributed by atoms with van der Waals surface area (Å²) >= 11 is 0. The minimum absolute atomic E-state index is 0.0553. The van der Waals surface area contributed by atoms with Gasteiger partial charge in [0.1, 0.15) is 0 Å². The van der Waals surface area contributed by atoms with Gasteiger partial charge in [-0.05, 0) is 18.1 Å². The summed E-state index contributed by atoms with van der Waals surface area (Å²) in [6, 6.07) is 5.79. The summed E-state index contributed by atoms with van der Waals surface area (Å²) in [5.41, 5.74) is 7.69. The highest BCUT2D eigenvalue weighted by Gasteiger charge is 2.06. The van der Waals surface area contributed by atoms with E-state index in [4.69, 9.17) is 5.73 Å². The highest BCUT2D eigenvalue weighted by atomic mass is 16.1. The lowest BCUT2D eigenvalue weighted by atomic mass is 10.1. The van der Waals surface area contributed by atoms with Crippen molar-refractivity contribution in [3.8, 4) is 0 Å². The van der Waals surface area contributed by atoms with Crippen LogP contribution >= 0.6 is 0 Å². The van der Waals surface area contributed by atoms with Gasteiger partial charge >= 0.3 is 0 Å². The number of amides is 1. The van der Waals surface area contributed by atoms with Crippen molar-refractivity contribution < 1.29 is 4.79 Å². The molecule has 4 N–H and O–H groups in total. The number of carbonyl (C=O) groups excluding carboxylic acids is 1. The van der Waals surface area contributed by atoms with Crippen molar-refractivity contribution in [1.82, 2.24) is 10.3 Å². The van der Waals surface area contributed by atoms with Crippen LogP contribution in [-0.4, -0.2) is 24.0 Å². The molecule has 0 aliphatic heterocycles. The number of nitrogens with one attached hydrogen (secondary N) is 2. The monoisotopic (exact) mass is 286 g/mol. The van der Waals surface area contributed by atoms with Crippen molar-refractivity contribution in [3.05, 3.63) is 30.6 Å². The molecule has 5 heteroatoms. The number of pyridine rings is 1. The molecular formula is C16H22N4O. The number of anilines is 2. The summed E-state index contributed by atoms with van der Waals surface area (Å²) in [7, 11) is 0. The molecular weight excluding hydrogens is 264 g/mol. The van der Waals surface area contributed by atoms with E-state index in [1.807, 2.05) is 18.2 Å². The molecule has 5 nitrogen and oxygen atoms in total. The fourth-order valence-electron chi connectivity index (χ4n) is 2.06. The molecule has 1 heterocycles. The van der Waals surface area contributed by atoms with Gasteiger partial charge in [-0.25, -0.2) is 0 Å². The third-order valence-electron chi connectivity index (χ3n) is 3.24. The van der Waals surface area contributed by atoms with Crippen LogP contribution in [0.5, 0.6) is 0 Å². The van der Waals surface area contributed by atoms with Gasteiger partial charge in [0.15, 0.2) is 0 Å².